The molecular weight excluding hydrogens is 218 g/mol. The smallest absolute Gasteiger partial charge is 0.131 e. The van der Waals surface area contributed by atoms with Crippen molar-refractivity contribution in [1.82, 2.24) is 15.5 Å². The molecule has 0 aromatic carbocycles. The Kier molecular flexibility index (Phi) is 6.57. The second-order valence-electron chi connectivity index (χ2n) is 4.06. The molecule has 0 amide bonds. The Hall–Kier alpha value is -0.480. The van der Waals surface area contributed by atoms with Gasteiger partial charge in [0.05, 0.1) is 0 Å². The maximum atomic E-state index is 4.32. The molecule has 16 heavy (non-hydrogen) atoms. The molecular formula is C12H23N3S. The van der Waals surface area contributed by atoms with E-state index in [4.69, 9.17) is 0 Å². The molecule has 0 saturated heterocycles. The van der Waals surface area contributed by atoms with Gasteiger partial charge in [0.2, 0.25) is 0 Å². The van der Waals surface area contributed by atoms with Crippen molar-refractivity contribution in [3.05, 3.63) is 10.0 Å². The predicted octanol–water partition coefficient (Wildman–Crippen LogP) is 3.33. The first-order valence-electron chi connectivity index (χ1n) is 6.34. The molecule has 0 radical (unpaired) electrons. The monoisotopic (exact) mass is 241 g/mol. The lowest BCUT2D eigenvalue weighted by atomic mass is 10.0. The summed E-state index contributed by atoms with van der Waals surface area (Å²) in [4.78, 5) is 0. The number of rotatable bonds is 8. The Morgan fingerprint density at radius 1 is 1.25 bits per heavy atom. The molecule has 92 valence electrons. The summed E-state index contributed by atoms with van der Waals surface area (Å²) in [6.07, 6.45) is 4.98. The summed E-state index contributed by atoms with van der Waals surface area (Å²) in [5.41, 5.74) is 0. The van der Waals surface area contributed by atoms with Crippen LogP contribution in [0.1, 0.15) is 62.4 Å². The van der Waals surface area contributed by atoms with Crippen LogP contribution in [-0.4, -0.2) is 16.7 Å². The van der Waals surface area contributed by atoms with E-state index in [9.17, 15) is 0 Å². The average Bonchev–Trinajstić information content (AvgIpc) is 2.76. The molecule has 0 bridgehead atoms. The van der Waals surface area contributed by atoms with Crippen LogP contribution >= 0.6 is 11.3 Å². The Morgan fingerprint density at radius 2 is 2.06 bits per heavy atom. The topological polar surface area (TPSA) is 37.8 Å². The van der Waals surface area contributed by atoms with E-state index >= 15 is 0 Å². The van der Waals surface area contributed by atoms with Gasteiger partial charge in [0.15, 0.2) is 0 Å². The van der Waals surface area contributed by atoms with Crippen LogP contribution in [0.15, 0.2) is 0 Å². The van der Waals surface area contributed by atoms with Crippen LogP contribution < -0.4 is 5.32 Å². The largest absolute Gasteiger partial charge is 0.311 e. The second kappa shape index (κ2) is 7.74. The number of aromatic nitrogens is 2. The van der Waals surface area contributed by atoms with E-state index in [1.807, 2.05) is 0 Å². The normalized spacial score (nSPS) is 12.9. The SMILES string of the molecule is CCCCC(CC)c1nnc(CNCC)s1. The molecule has 1 unspecified atom stereocenters. The molecule has 0 fully saturated rings. The zero-order valence-electron chi connectivity index (χ0n) is 10.6. The van der Waals surface area contributed by atoms with Crippen LogP contribution in [0.25, 0.3) is 0 Å². The zero-order valence-corrected chi connectivity index (χ0v) is 11.4. The fourth-order valence-electron chi connectivity index (χ4n) is 1.69. The minimum atomic E-state index is 0.618. The van der Waals surface area contributed by atoms with Crippen LogP contribution in [0.3, 0.4) is 0 Å². The summed E-state index contributed by atoms with van der Waals surface area (Å²) in [6, 6.07) is 0. The molecule has 1 aromatic heterocycles. The van der Waals surface area contributed by atoms with E-state index in [0.29, 0.717) is 5.92 Å². The van der Waals surface area contributed by atoms with E-state index in [0.717, 1.165) is 18.1 Å². The summed E-state index contributed by atoms with van der Waals surface area (Å²) >= 11 is 1.77. The van der Waals surface area contributed by atoms with Gasteiger partial charge in [-0.1, -0.05) is 44.9 Å². The summed E-state index contributed by atoms with van der Waals surface area (Å²) in [5.74, 6) is 0.618. The van der Waals surface area contributed by atoms with Crippen molar-refractivity contribution < 1.29 is 0 Å². The highest BCUT2D eigenvalue weighted by atomic mass is 32.1. The van der Waals surface area contributed by atoms with Gasteiger partial charge in [-0.05, 0) is 19.4 Å². The minimum Gasteiger partial charge on any atom is -0.311 e. The highest BCUT2D eigenvalue weighted by Crippen LogP contribution is 2.27. The van der Waals surface area contributed by atoms with Crippen LogP contribution in [0.4, 0.5) is 0 Å². The lowest BCUT2D eigenvalue weighted by Gasteiger charge is -2.09. The average molecular weight is 241 g/mol. The molecule has 1 heterocycles. The molecule has 4 heteroatoms. The number of hydrogen-bond acceptors (Lipinski definition) is 4. The molecule has 1 atom stereocenters. The summed E-state index contributed by atoms with van der Waals surface area (Å²) in [6.45, 7) is 8.44. The zero-order chi connectivity index (χ0) is 11.8. The maximum absolute atomic E-state index is 4.32. The van der Waals surface area contributed by atoms with Crippen molar-refractivity contribution >= 4 is 11.3 Å². The van der Waals surface area contributed by atoms with E-state index in [1.165, 1.54) is 30.7 Å². The van der Waals surface area contributed by atoms with Gasteiger partial charge in [-0.2, -0.15) is 0 Å². The fraction of sp³-hybridized carbons (Fsp3) is 0.833. The summed E-state index contributed by atoms with van der Waals surface area (Å²) in [7, 11) is 0. The first-order valence-corrected chi connectivity index (χ1v) is 7.16. The van der Waals surface area contributed by atoms with Crippen LogP contribution in [0.5, 0.6) is 0 Å². The quantitative estimate of drug-likeness (QED) is 0.758. The van der Waals surface area contributed by atoms with Crippen molar-refractivity contribution in [3.8, 4) is 0 Å². The van der Waals surface area contributed by atoms with Crippen molar-refractivity contribution in [3.63, 3.8) is 0 Å². The van der Waals surface area contributed by atoms with Gasteiger partial charge in [0.25, 0.3) is 0 Å². The Labute approximate surface area is 103 Å². The number of hydrogen-bond donors (Lipinski definition) is 1. The van der Waals surface area contributed by atoms with Gasteiger partial charge in [-0.25, -0.2) is 0 Å². The van der Waals surface area contributed by atoms with E-state index in [1.54, 1.807) is 11.3 Å². The maximum Gasteiger partial charge on any atom is 0.131 e. The van der Waals surface area contributed by atoms with Crippen molar-refractivity contribution in [1.29, 1.82) is 0 Å². The third-order valence-electron chi connectivity index (χ3n) is 2.76. The first-order chi connectivity index (χ1) is 7.81. The van der Waals surface area contributed by atoms with Gasteiger partial charge in [0, 0.05) is 12.5 Å². The molecule has 1 aromatic rings. The van der Waals surface area contributed by atoms with Gasteiger partial charge >= 0.3 is 0 Å². The molecule has 0 saturated carbocycles. The van der Waals surface area contributed by atoms with Gasteiger partial charge in [-0.3, -0.25) is 0 Å². The Bertz CT molecular complexity index is 286. The third-order valence-corrected chi connectivity index (χ3v) is 3.84. The number of nitrogens with one attached hydrogen (secondary N) is 1. The van der Waals surface area contributed by atoms with Crippen LogP contribution in [0.2, 0.25) is 0 Å². The molecule has 0 spiro atoms. The number of nitrogens with zero attached hydrogens (tertiary/aromatic N) is 2. The molecule has 0 aliphatic rings. The highest BCUT2D eigenvalue weighted by Gasteiger charge is 2.14. The van der Waals surface area contributed by atoms with E-state index in [2.05, 4.69) is 36.3 Å². The molecule has 1 rings (SSSR count). The van der Waals surface area contributed by atoms with E-state index in [-0.39, 0.29) is 0 Å². The van der Waals surface area contributed by atoms with Gasteiger partial charge in [0.1, 0.15) is 10.0 Å². The summed E-state index contributed by atoms with van der Waals surface area (Å²) < 4.78 is 0. The standard InChI is InChI=1S/C12H23N3S/c1-4-7-8-10(5-2)12-15-14-11(16-12)9-13-6-3/h10,13H,4-9H2,1-3H3. The predicted molar refractivity (Wildman–Crippen MR) is 69.8 cm³/mol. The molecule has 1 N–H and O–H groups in total. The summed E-state index contributed by atoms with van der Waals surface area (Å²) in [5, 5.41) is 14.2. The lowest BCUT2D eigenvalue weighted by molar-refractivity contribution is 0.562. The fourth-order valence-corrected chi connectivity index (χ4v) is 2.72. The lowest BCUT2D eigenvalue weighted by Crippen LogP contribution is -2.11. The van der Waals surface area contributed by atoms with Crippen molar-refractivity contribution in [2.45, 2.75) is 58.9 Å². The van der Waals surface area contributed by atoms with Gasteiger partial charge in [-0.15, -0.1) is 10.2 Å². The van der Waals surface area contributed by atoms with E-state index < -0.39 is 0 Å². The van der Waals surface area contributed by atoms with Crippen LogP contribution in [0, 0.1) is 0 Å². The van der Waals surface area contributed by atoms with Crippen LogP contribution in [-0.2, 0) is 6.54 Å². The van der Waals surface area contributed by atoms with Crippen molar-refractivity contribution in [2.75, 3.05) is 6.54 Å². The van der Waals surface area contributed by atoms with Gasteiger partial charge < -0.3 is 5.32 Å². The highest BCUT2D eigenvalue weighted by molar-refractivity contribution is 7.11. The first kappa shape index (κ1) is 13.6. The molecule has 0 aliphatic heterocycles. The third kappa shape index (κ3) is 4.18. The Balaban J connectivity index is 2.52. The number of unbranched alkanes of at least 4 members (excludes halogenated alkanes) is 1. The Morgan fingerprint density at radius 3 is 2.69 bits per heavy atom. The minimum absolute atomic E-state index is 0.618. The van der Waals surface area contributed by atoms with Crippen molar-refractivity contribution in [2.24, 2.45) is 0 Å². The second-order valence-corrected chi connectivity index (χ2v) is 5.16. The molecule has 3 nitrogen and oxygen atoms in total. The molecule has 0 aliphatic carbocycles.